The van der Waals surface area contributed by atoms with Gasteiger partial charge in [0.2, 0.25) is 0 Å². The van der Waals surface area contributed by atoms with Crippen LogP contribution < -0.4 is 5.32 Å². The summed E-state index contributed by atoms with van der Waals surface area (Å²) >= 11 is 0. The Labute approximate surface area is 111 Å². The van der Waals surface area contributed by atoms with Crippen LogP contribution in [0.25, 0.3) is 11.0 Å². The van der Waals surface area contributed by atoms with Crippen molar-refractivity contribution >= 4 is 11.0 Å². The van der Waals surface area contributed by atoms with Gasteiger partial charge in [0.25, 0.3) is 0 Å². The molecule has 0 bridgehead atoms. The molecule has 3 rings (SSSR count). The van der Waals surface area contributed by atoms with Gasteiger partial charge in [-0.3, -0.25) is 4.98 Å². The maximum atomic E-state index is 4.57. The topological polar surface area (TPSA) is 55.6 Å². The monoisotopic (exact) mass is 253 g/mol. The normalized spacial score (nSPS) is 10.9. The Hall–Kier alpha value is -2.27. The molecule has 1 N–H and O–H groups in total. The second-order valence-electron chi connectivity index (χ2n) is 4.33. The summed E-state index contributed by atoms with van der Waals surface area (Å²) in [5.41, 5.74) is 2.84. The minimum Gasteiger partial charge on any atom is -0.336 e. The minimum absolute atomic E-state index is 0.729. The molecule has 2 aromatic heterocycles. The molecule has 5 nitrogen and oxygen atoms in total. The molecule has 0 amide bonds. The third-order valence-corrected chi connectivity index (χ3v) is 2.91. The van der Waals surface area contributed by atoms with Crippen LogP contribution in [0.15, 0.2) is 49.2 Å². The minimum atomic E-state index is 0.729. The zero-order valence-corrected chi connectivity index (χ0v) is 10.5. The van der Waals surface area contributed by atoms with Gasteiger partial charge in [-0.05, 0) is 12.1 Å². The van der Waals surface area contributed by atoms with Gasteiger partial charge in [-0.25, -0.2) is 9.97 Å². The number of aromatic nitrogens is 4. The van der Waals surface area contributed by atoms with E-state index in [1.165, 1.54) is 0 Å². The molecule has 0 atom stereocenters. The first kappa shape index (κ1) is 11.8. The lowest BCUT2D eigenvalue weighted by Gasteiger charge is -2.05. The van der Waals surface area contributed by atoms with E-state index in [1.54, 1.807) is 6.20 Å². The molecule has 0 radical (unpaired) electrons. The number of para-hydroxylation sites is 2. The van der Waals surface area contributed by atoms with Gasteiger partial charge >= 0.3 is 0 Å². The molecule has 0 saturated heterocycles. The number of imidazole rings is 1. The highest BCUT2D eigenvalue weighted by atomic mass is 15.0. The van der Waals surface area contributed by atoms with Gasteiger partial charge in [0.05, 0.1) is 29.3 Å². The summed E-state index contributed by atoms with van der Waals surface area (Å²) in [6.07, 6.45) is 7.39. The van der Waals surface area contributed by atoms with Gasteiger partial charge in [-0.2, -0.15) is 0 Å². The summed E-state index contributed by atoms with van der Waals surface area (Å²) in [6, 6.07) is 7.91. The third-order valence-electron chi connectivity index (χ3n) is 2.91. The highest BCUT2D eigenvalue weighted by Crippen LogP contribution is 2.07. The maximum Gasteiger partial charge on any atom is 0.0946 e. The van der Waals surface area contributed by atoms with E-state index in [0.717, 1.165) is 36.4 Å². The fourth-order valence-corrected chi connectivity index (χ4v) is 1.92. The predicted octanol–water partition coefficient (Wildman–Crippen LogP) is 1.62. The van der Waals surface area contributed by atoms with Crippen molar-refractivity contribution in [1.29, 1.82) is 0 Å². The van der Waals surface area contributed by atoms with E-state index in [0.29, 0.717) is 0 Å². The Bertz CT molecular complexity index is 648. The quantitative estimate of drug-likeness (QED) is 0.702. The SMILES string of the molecule is c1ccc2nc(CNCCn3ccnc3)cnc2c1. The zero-order valence-electron chi connectivity index (χ0n) is 10.5. The molecule has 19 heavy (non-hydrogen) atoms. The molecular formula is C14H15N5. The second kappa shape index (κ2) is 5.58. The van der Waals surface area contributed by atoms with E-state index in [4.69, 9.17) is 0 Å². The van der Waals surface area contributed by atoms with Gasteiger partial charge in [0.15, 0.2) is 0 Å². The first-order chi connectivity index (χ1) is 9.42. The molecule has 0 saturated carbocycles. The fourth-order valence-electron chi connectivity index (χ4n) is 1.92. The number of hydrogen-bond acceptors (Lipinski definition) is 4. The van der Waals surface area contributed by atoms with Crippen LogP contribution in [-0.2, 0) is 13.1 Å². The van der Waals surface area contributed by atoms with E-state index in [1.807, 2.05) is 47.6 Å². The van der Waals surface area contributed by atoms with Crippen molar-refractivity contribution in [2.75, 3.05) is 6.54 Å². The summed E-state index contributed by atoms with van der Waals surface area (Å²) in [5.74, 6) is 0. The van der Waals surface area contributed by atoms with Gasteiger partial charge in [-0.15, -0.1) is 0 Å². The highest BCUT2D eigenvalue weighted by molar-refractivity contribution is 5.73. The summed E-state index contributed by atoms with van der Waals surface area (Å²) in [6.45, 7) is 2.51. The number of rotatable bonds is 5. The number of hydrogen-bond donors (Lipinski definition) is 1. The van der Waals surface area contributed by atoms with Crippen LogP contribution in [0.3, 0.4) is 0 Å². The van der Waals surface area contributed by atoms with E-state index < -0.39 is 0 Å². The lowest BCUT2D eigenvalue weighted by Crippen LogP contribution is -2.19. The summed E-state index contributed by atoms with van der Waals surface area (Å²) in [4.78, 5) is 13.0. The van der Waals surface area contributed by atoms with Crippen LogP contribution in [0.1, 0.15) is 5.69 Å². The van der Waals surface area contributed by atoms with Crippen LogP contribution >= 0.6 is 0 Å². The summed E-state index contributed by atoms with van der Waals surface area (Å²) < 4.78 is 2.04. The molecule has 5 heteroatoms. The first-order valence-electron chi connectivity index (χ1n) is 6.29. The maximum absolute atomic E-state index is 4.57. The van der Waals surface area contributed by atoms with E-state index in [9.17, 15) is 0 Å². The van der Waals surface area contributed by atoms with Crippen LogP contribution in [0.4, 0.5) is 0 Å². The largest absolute Gasteiger partial charge is 0.336 e. The molecule has 0 fully saturated rings. The van der Waals surface area contributed by atoms with Gasteiger partial charge < -0.3 is 9.88 Å². The van der Waals surface area contributed by atoms with Crippen molar-refractivity contribution in [3.05, 3.63) is 54.9 Å². The Morgan fingerprint density at radius 2 is 2.05 bits per heavy atom. The Morgan fingerprint density at radius 1 is 1.16 bits per heavy atom. The van der Waals surface area contributed by atoms with Crippen molar-refractivity contribution in [2.24, 2.45) is 0 Å². The lowest BCUT2D eigenvalue weighted by atomic mass is 10.3. The number of fused-ring (bicyclic) bond motifs is 1. The van der Waals surface area contributed by atoms with Gasteiger partial charge in [-0.1, -0.05) is 12.1 Å². The van der Waals surface area contributed by atoms with Crippen LogP contribution in [0, 0.1) is 0 Å². The molecule has 0 spiro atoms. The molecule has 0 aliphatic carbocycles. The highest BCUT2D eigenvalue weighted by Gasteiger charge is 1.98. The van der Waals surface area contributed by atoms with Crippen LogP contribution in [0.2, 0.25) is 0 Å². The van der Waals surface area contributed by atoms with Crippen molar-refractivity contribution in [3.8, 4) is 0 Å². The van der Waals surface area contributed by atoms with Crippen molar-refractivity contribution in [1.82, 2.24) is 24.8 Å². The summed E-state index contributed by atoms with van der Waals surface area (Å²) in [5, 5.41) is 3.35. The lowest BCUT2D eigenvalue weighted by molar-refractivity contribution is 0.592. The molecule has 0 aliphatic heterocycles. The van der Waals surface area contributed by atoms with Crippen molar-refractivity contribution in [2.45, 2.75) is 13.1 Å². The smallest absolute Gasteiger partial charge is 0.0946 e. The molecule has 2 heterocycles. The average Bonchev–Trinajstić information content (AvgIpc) is 2.97. The van der Waals surface area contributed by atoms with Gasteiger partial charge in [0.1, 0.15) is 0 Å². The Kier molecular flexibility index (Phi) is 3.47. The molecule has 1 aromatic carbocycles. The number of nitrogens with one attached hydrogen (secondary N) is 1. The molecule has 96 valence electrons. The summed E-state index contributed by atoms with van der Waals surface area (Å²) in [7, 11) is 0. The van der Waals surface area contributed by atoms with Crippen molar-refractivity contribution in [3.63, 3.8) is 0 Å². The number of nitrogens with zero attached hydrogens (tertiary/aromatic N) is 4. The predicted molar refractivity (Wildman–Crippen MR) is 73.5 cm³/mol. The molecular weight excluding hydrogens is 238 g/mol. The average molecular weight is 253 g/mol. The molecule has 0 aliphatic rings. The van der Waals surface area contributed by atoms with Crippen LogP contribution in [0.5, 0.6) is 0 Å². The van der Waals surface area contributed by atoms with E-state index >= 15 is 0 Å². The Balaban J connectivity index is 1.56. The standard InChI is InChI=1S/C14H15N5/c1-2-4-14-13(3-1)17-10-12(18-14)9-15-5-7-19-8-6-16-11-19/h1-4,6,8,10-11,15H,5,7,9H2. The molecule has 3 aromatic rings. The zero-order chi connectivity index (χ0) is 12.9. The van der Waals surface area contributed by atoms with E-state index in [2.05, 4.69) is 20.3 Å². The van der Waals surface area contributed by atoms with E-state index in [-0.39, 0.29) is 0 Å². The fraction of sp³-hybridized carbons (Fsp3) is 0.214. The second-order valence-corrected chi connectivity index (χ2v) is 4.33. The van der Waals surface area contributed by atoms with Gasteiger partial charge in [0, 0.05) is 32.0 Å². The van der Waals surface area contributed by atoms with Crippen LogP contribution in [-0.4, -0.2) is 26.1 Å². The third kappa shape index (κ3) is 2.95. The number of benzene rings is 1. The van der Waals surface area contributed by atoms with Crippen molar-refractivity contribution < 1.29 is 0 Å². The Morgan fingerprint density at radius 3 is 2.89 bits per heavy atom. The molecule has 0 unspecified atom stereocenters. The first-order valence-corrected chi connectivity index (χ1v) is 6.29.